The van der Waals surface area contributed by atoms with Crippen molar-refractivity contribution >= 4 is 5.78 Å². The van der Waals surface area contributed by atoms with Crippen LogP contribution in [0.1, 0.15) is 16.9 Å². The highest BCUT2D eigenvalue weighted by Crippen LogP contribution is 2.58. The summed E-state index contributed by atoms with van der Waals surface area (Å²) < 4.78 is 5.28. The first-order valence-electron chi connectivity index (χ1n) is 4.71. The van der Waals surface area contributed by atoms with Crippen LogP contribution in [0.3, 0.4) is 0 Å². The van der Waals surface area contributed by atoms with Gasteiger partial charge in [0.1, 0.15) is 5.69 Å². The van der Waals surface area contributed by atoms with Gasteiger partial charge in [-0.1, -0.05) is 0 Å². The first-order chi connectivity index (χ1) is 6.83. The van der Waals surface area contributed by atoms with Crippen LogP contribution in [0.2, 0.25) is 0 Å². The Hall–Kier alpha value is -1.29. The van der Waals surface area contributed by atoms with E-state index in [2.05, 4.69) is 9.97 Å². The molecule has 2 aliphatic rings. The van der Waals surface area contributed by atoms with Gasteiger partial charge in [-0.05, 0) is 12.3 Å². The highest BCUT2D eigenvalue weighted by molar-refractivity contribution is 6.01. The van der Waals surface area contributed by atoms with E-state index in [1.807, 2.05) is 0 Å². The second-order valence-corrected chi connectivity index (χ2v) is 3.99. The minimum Gasteiger partial charge on any atom is -0.380 e. The topological polar surface area (TPSA) is 52.1 Å². The van der Waals surface area contributed by atoms with Gasteiger partial charge >= 0.3 is 0 Å². The average molecular weight is 190 g/mol. The van der Waals surface area contributed by atoms with E-state index in [-0.39, 0.29) is 11.2 Å². The molecule has 0 amide bonds. The Balaban J connectivity index is 1.91. The number of hydrogen-bond donors (Lipinski definition) is 0. The van der Waals surface area contributed by atoms with Gasteiger partial charge in [0.15, 0.2) is 5.78 Å². The average Bonchev–Trinajstić information content (AvgIpc) is 2.82. The van der Waals surface area contributed by atoms with Crippen LogP contribution in [0.5, 0.6) is 0 Å². The Morgan fingerprint density at radius 1 is 1.57 bits per heavy atom. The van der Waals surface area contributed by atoms with Crippen molar-refractivity contribution in [3.63, 3.8) is 0 Å². The van der Waals surface area contributed by atoms with Crippen LogP contribution < -0.4 is 0 Å². The van der Waals surface area contributed by atoms with Gasteiger partial charge in [-0.3, -0.25) is 9.78 Å². The van der Waals surface area contributed by atoms with Crippen LogP contribution in [0, 0.1) is 11.3 Å². The van der Waals surface area contributed by atoms with E-state index in [4.69, 9.17) is 4.74 Å². The zero-order valence-electron chi connectivity index (χ0n) is 7.64. The maximum Gasteiger partial charge on any atom is 0.191 e. The standard InChI is InChI=1S/C10H10N2O2/c13-9(8-4-11-1-2-12-8)10-3-7(10)5-14-6-10/h1-2,4,7H,3,5-6H2. The summed E-state index contributed by atoms with van der Waals surface area (Å²) in [6.45, 7) is 1.29. The van der Waals surface area contributed by atoms with Gasteiger partial charge in [0, 0.05) is 12.4 Å². The van der Waals surface area contributed by atoms with Gasteiger partial charge in [-0.2, -0.15) is 0 Å². The molecule has 2 fully saturated rings. The van der Waals surface area contributed by atoms with E-state index in [0.717, 1.165) is 13.0 Å². The largest absolute Gasteiger partial charge is 0.380 e. The van der Waals surface area contributed by atoms with E-state index in [0.29, 0.717) is 18.2 Å². The van der Waals surface area contributed by atoms with Crippen LogP contribution in [0.15, 0.2) is 18.6 Å². The number of Topliss-reactive ketones (excluding diaryl/α,β-unsaturated/α-hetero) is 1. The van der Waals surface area contributed by atoms with Gasteiger partial charge < -0.3 is 4.74 Å². The van der Waals surface area contributed by atoms with Crippen LogP contribution in [0.4, 0.5) is 0 Å². The maximum absolute atomic E-state index is 12.0. The molecule has 0 bridgehead atoms. The number of aromatic nitrogens is 2. The minimum atomic E-state index is -0.240. The molecular weight excluding hydrogens is 180 g/mol. The van der Waals surface area contributed by atoms with Crippen molar-refractivity contribution in [3.05, 3.63) is 24.3 Å². The molecule has 2 unspecified atom stereocenters. The molecule has 1 aromatic rings. The zero-order valence-corrected chi connectivity index (χ0v) is 7.64. The van der Waals surface area contributed by atoms with Gasteiger partial charge in [-0.15, -0.1) is 0 Å². The Morgan fingerprint density at radius 2 is 2.50 bits per heavy atom. The van der Waals surface area contributed by atoms with Gasteiger partial charge in [0.2, 0.25) is 0 Å². The number of rotatable bonds is 2. The molecular formula is C10H10N2O2. The first kappa shape index (κ1) is 8.05. The highest BCUT2D eigenvalue weighted by Gasteiger charge is 2.63. The predicted molar refractivity (Wildman–Crippen MR) is 47.7 cm³/mol. The summed E-state index contributed by atoms with van der Waals surface area (Å²) in [6, 6.07) is 0. The zero-order chi connectivity index (χ0) is 9.60. The van der Waals surface area contributed by atoms with Crippen molar-refractivity contribution in [1.82, 2.24) is 9.97 Å². The molecule has 0 aromatic carbocycles. The monoisotopic (exact) mass is 190 g/mol. The Morgan fingerprint density at radius 3 is 3.07 bits per heavy atom. The van der Waals surface area contributed by atoms with Crippen LogP contribution in [-0.4, -0.2) is 29.0 Å². The van der Waals surface area contributed by atoms with E-state index < -0.39 is 0 Å². The lowest BCUT2D eigenvalue weighted by Crippen LogP contribution is -2.20. The van der Waals surface area contributed by atoms with E-state index >= 15 is 0 Å². The summed E-state index contributed by atoms with van der Waals surface area (Å²) in [4.78, 5) is 20.0. The molecule has 2 atom stereocenters. The second-order valence-electron chi connectivity index (χ2n) is 3.99. The fourth-order valence-electron chi connectivity index (χ4n) is 2.17. The molecule has 1 aliphatic carbocycles. The summed E-state index contributed by atoms with van der Waals surface area (Å²) >= 11 is 0. The lowest BCUT2D eigenvalue weighted by atomic mass is 9.98. The summed E-state index contributed by atoms with van der Waals surface area (Å²) in [7, 11) is 0. The molecule has 0 N–H and O–H groups in total. The quantitative estimate of drug-likeness (QED) is 0.644. The predicted octanol–water partition coefficient (Wildman–Crippen LogP) is 0.696. The summed E-state index contributed by atoms with van der Waals surface area (Å²) in [5.74, 6) is 0.533. The minimum absolute atomic E-state index is 0.105. The summed E-state index contributed by atoms with van der Waals surface area (Å²) in [6.07, 6.45) is 5.62. The van der Waals surface area contributed by atoms with Crippen molar-refractivity contribution in [2.45, 2.75) is 6.42 Å². The van der Waals surface area contributed by atoms with E-state index in [1.54, 1.807) is 12.4 Å². The van der Waals surface area contributed by atoms with E-state index in [9.17, 15) is 4.79 Å². The highest BCUT2D eigenvalue weighted by atomic mass is 16.5. The summed E-state index contributed by atoms with van der Waals surface area (Å²) in [5, 5.41) is 0. The second kappa shape index (κ2) is 2.60. The van der Waals surface area contributed by atoms with Crippen LogP contribution in [-0.2, 0) is 4.74 Å². The molecule has 72 valence electrons. The molecule has 4 nitrogen and oxygen atoms in total. The van der Waals surface area contributed by atoms with Gasteiger partial charge in [-0.25, -0.2) is 4.98 Å². The fourth-order valence-corrected chi connectivity index (χ4v) is 2.17. The Kier molecular flexibility index (Phi) is 1.50. The SMILES string of the molecule is O=C(c1cnccn1)C12COCC1C2. The molecule has 0 radical (unpaired) electrons. The van der Waals surface area contributed by atoms with Crippen molar-refractivity contribution < 1.29 is 9.53 Å². The van der Waals surface area contributed by atoms with E-state index in [1.165, 1.54) is 6.20 Å². The normalized spacial score (nSPS) is 33.9. The third-order valence-electron chi connectivity index (χ3n) is 3.16. The van der Waals surface area contributed by atoms with Crippen molar-refractivity contribution in [2.75, 3.05) is 13.2 Å². The third-order valence-corrected chi connectivity index (χ3v) is 3.16. The smallest absolute Gasteiger partial charge is 0.191 e. The Bertz CT molecular complexity index is 379. The molecule has 0 spiro atoms. The van der Waals surface area contributed by atoms with Gasteiger partial charge in [0.05, 0.1) is 24.8 Å². The molecule has 1 saturated carbocycles. The first-order valence-corrected chi connectivity index (χ1v) is 4.71. The molecule has 3 rings (SSSR count). The number of carbonyl (C=O) groups excluding carboxylic acids is 1. The van der Waals surface area contributed by atoms with Crippen molar-refractivity contribution in [1.29, 1.82) is 0 Å². The molecule has 14 heavy (non-hydrogen) atoms. The number of carbonyl (C=O) groups is 1. The summed E-state index contributed by atoms with van der Waals surface area (Å²) in [5.41, 5.74) is 0.233. The lowest BCUT2D eigenvalue weighted by molar-refractivity contribution is 0.0824. The Labute approximate surface area is 81.3 Å². The van der Waals surface area contributed by atoms with Gasteiger partial charge in [0.25, 0.3) is 0 Å². The van der Waals surface area contributed by atoms with Crippen LogP contribution >= 0.6 is 0 Å². The van der Waals surface area contributed by atoms with Crippen molar-refractivity contribution in [3.8, 4) is 0 Å². The number of fused-ring (bicyclic) bond motifs is 1. The number of ketones is 1. The number of nitrogens with zero attached hydrogens (tertiary/aromatic N) is 2. The molecule has 1 saturated heterocycles. The molecule has 1 aromatic heterocycles. The van der Waals surface area contributed by atoms with Crippen molar-refractivity contribution in [2.24, 2.45) is 11.3 Å². The lowest BCUT2D eigenvalue weighted by Gasteiger charge is -2.07. The molecule has 1 aliphatic heterocycles. The molecule has 4 heteroatoms. The maximum atomic E-state index is 12.0. The number of ether oxygens (including phenoxy) is 1. The fraction of sp³-hybridized carbons (Fsp3) is 0.500. The van der Waals surface area contributed by atoms with Crippen LogP contribution in [0.25, 0.3) is 0 Å². The third kappa shape index (κ3) is 0.944. The molecule has 2 heterocycles. The number of hydrogen-bond acceptors (Lipinski definition) is 4.